The fourth-order valence-electron chi connectivity index (χ4n) is 0.610. The molecule has 1 heterocycles. The second kappa shape index (κ2) is 7.80. The van der Waals surface area contributed by atoms with Crippen molar-refractivity contribution in [1.82, 2.24) is 0 Å². The summed E-state index contributed by atoms with van der Waals surface area (Å²) in [5, 5.41) is 8.41. The molecule has 0 aromatic heterocycles. The average molecular weight is 186 g/mol. The number of carboxylic acid groups (broad SMARTS) is 1. The van der Waals surface area contributed by atoms with Crippen LogP contribution in [0.1, 0.15) is 33.1 Å². The molecule has 0 unspecified atom stereocenters. The molecule has 3 heteroatoms. The van der Waals surface area contributed by atoms with E-state index in [4.69, 9.17) is 5.11 Å². The number of hydrogen-bond acceptors (Lipinski definition) is 2. The monoisotopic (exact) mass is 186 g/mol. The molecule has 1 saturated heterocycles. The van der Waals surface area contributed by atoms with E-state index in [2.05, 4.69) is 11.7 Å². The standard InChI is InChI=1S/C8H14O2.C2H4O/c1-3-4-5-6-7(2)8(9)10;1-2-3-1/h6H,3-5H2,1-2H3,(H,9,10);1-2H2. The van der Waals surface area contributed by atoms with Crippen molar-refractivity contribution < 1.29 is 14.6 Å². The van der Waals surface area contributed by atoms with Gasteiger partial charge in [0.05, 0.1) is 13.2 Å². The van der Waals surface area contributed by atoms with Crippen LogP contribution in [-0.2, 0) is 9.53 Å². The third kappa shape index (κ3) is 11.2. The molecule has 76 valence electrons. The van der Waals surface area contributed by atoms with Crippen molar-refractivity contribution in [1.29, 1.82) is 0 Å². The molecule has 0 bridgehead atoms. The highest BCUT2D eigenvalue weighted by Crippen LogP contribution is 2.00. The van der Waals surface area contributed by atoms with Crippen molar-refractivity contribution in [2.24, 2.45) is 0 Å². The molecule has 0 aliphatic carbocycles. The van der Waals surface area contributed by atoms with Crippen molar-refractivity contribution in [3.05, 3.63) is 11.6 Å². The number of rotatable bonds is 4. The SMILES string of the molecule is C1CO1.CCCCC=C(C)C(=O)O. The molecule has 0 aromatic carbocycles. The topological polar surface area (TPSA) is 49.8 Å². The van der Waals surface area contributed by atoms with Crippen LogP contribution in [0.25, 0.3) is 0 Å². The predicted molar refractivity (Wildman–Crippen MR) is 51.7 cm³/mol. The van der Waals surface area contributed by atoms with Crippen LogP contribution >= 0.6 is 0 Å². The molecule has 0 aromatic rings. The van der Waals surface area contributed by atoms with Crippen LogP contribution in [0, 0.1) is 0 Å². The van der Waals surface area contributed by atoms with E-state index in [0.29, 0.717) is 5.57 Å². The number of epoxide rings is 1. The van der Waals surface area contributed by atoms with Crippen LogP contribution in [0.4, 0.5) is 0 Å². The van der Waals surface area contributed by atoms with Gasteiger partial charge in [-0.25, -0.2) is 4.79 Å². The Morgan fingerprint density at radius 2 is 2.08 bits per heavy atom. The van der Waals surface area contributed by atoms with Crippen LogP contribution in [0.3, 0.4) is 0 Å². The average Bonchev–Trinajstić information content (AvgIpc) is 2.90. The second-order valence-corrected chi connectivity index (χ2v) is 2.95. The Bertz CT molecular complexity index is 168. The smallest absolute Gasteiger partial charge is 0.330 e. The zero-order chi connectivity index (χ0) is 10.1. The summed E-state index contributed by atoms with van der Waals surface area (Å²) >= 11 is 0. The van der Waals surface area contributed by atoms with Crippen LogP contribution in [0.15, 0.2) is 11.6 Å². The molecule has 1 rings (SSSR count). The fraction of sp³-hybridized carbons (Fsp3) is 0.700. The van der Waals surface area contributed by atoms with E-state index >= 15 is 0 Å². The minimum absolute atomic E-state index is 0.452. The van der Waals surface area contributed by atoms with Crippen molar-refractivity contribution >= 4 is 5.97 Å². The van der Waals surface area contributed by atoms with Crippen molar-refractivity contribution in [3.63, 3.8) is 0 Å². The summed E-state index contributed by atoms with van der Waals surface area (Å²) in [6.07, 6.45) is 4.84. The van der Waals surface area contributed by atoms with Gasteiger partial charge in [-0.2, -0.15) is 0 Å². The van der Waals surface area contributed by atoms with Crippen LogP contribution in [0.5, 0.6) is 0 Å². The third-order valence-corrected chi connectivity index (χ3v) is 1.55. The van der Waals surface area contributed by atoms with Gasteiger partial charge in [-0.15, -0.1) is 0 Å². The van der Waals surface area contributed by atoms with Crippen molar-refractivity contribution in [3.8, 4) is 0 Å². The lowest BCUT2D eigenvalue weighted by Crippen LogP contribution is -1.95. The molecule has 1 fully saturated rings. The highest BCUT2D eigenvalue weighted by Gasteiger charge is 1.96. The number of hydrogen-bond donors (Lipinski definition) is 1. The molecular formula is C10H18O3. The maximum Gasteiger partial charge on any atom is 0.330 e. The minimum atomic E-state index is -0.809. The first kappa shape index (κ1) is 12.2. The van der Waals surface area contributed by atoms with E-state index in [1.54, 1.807) is 13.0 Å². The molecule has 3 nitrogen and oxygen atoms in total. The van der Waals surface area contributed by atoms with Gasteiger partial charge in [0.1, 0.15) is 0 Å². The molecule has 0 radical (unpaired) electrons. The summed E-state index contributed by atoms with van der Waals surface area (Å²) in [5.74, 6) is -0.809. The van der Waals surface area contributed by atoms with Gasteiger partial charge in [0.25, 0.3) is 0 Å². The minimum Gasteiger partial charge on any atom is -0.478 e. The van der Waals surface area contributed by atoms with Gasteiger partial charge in [0.2, 0.25) is 0 Å². The number of unbranched alkanes of at least 4 members (excludes halogenated alkanes) is 2. The van der Waals surface area contributed by atoms with Gasteiger partial charge in [-0.3, -0.25) is 0 Å². The molecule has 0 saturated carbocycles. The van der Waals surface area contributed by atoms with Gasteiger partial charge >= 0.3 is 5.97 Å². The summed E-state index contributed by atoms with van der Waals surface area (Å²) in [7, 11) is 0. The summed E-state index contributed by atoms with van der Waals surface area (Å²) in [6, 6.07) is 0. The van der Waals surface area contributed by atoms with Crippen molar-refractivity contribution in [2.75, 3.05) is 13.2 Å². The van der Waals surface area contributed by atoms with E-state index < -0.39 is 5.97 Å². The number of allylic oxidation sites excluding steroid dienone is 1. The lowest BCUT2D eigenvalue weighted by molar-refractivity contribution is -0.132. The Kier molecular flexibility index (Phi) is 7.30. The summed E-state index contributed by atoms with van der Waals surface area (Å²) < 4.78 is 4.50. The Balaban J connectivity index is 0.000000396. The van der Waals surface area contributed by atoms with E-state index in [0.717, 1.165) is 32.5 Å². The first-order valence-corrected chi connectivity index (χ1v) is 4.66. The number of carboxylic acids is 1. The van der Waals surface area contributed by atoms with Crippen LogP contribution in [-0.4, -0.2) is 24.3 Å². The third-order valence-electron chi connectivity index (χ3n) is 1.55. The molecule has 0 spiro atoms. The number of aliphatic carboxylic acids is 1. The summed E-state index contributed by atoms with van der Waals surface area (Å²) in [6.45, 7) is 5.71. The Hall–Kier alpha value is -0.830. The Labute approximate surface area is 79.4 Å². The van der Waals surface area contributed by atoms with Crippen LogP contribution in [0.2, 0.25) is 0 Å². The molecule has 0 amide bonds. The highest BCUT2D eigenvalue weighted by atomic mass is 16.6. The maximum atomic E-state index is 10.2. The predicted octanol–water partition coefficient (Wildman–Crippen LogP) is 2.22. The van der Waals surface area contributed by atoms with E-state index in [9.17, 15) is 4.79 Å². The number of ether oxygens (including phenoxy) is 1. The summed E-state index contributed by atoms with van der Waals surface area (Å²) in [5.41, 5.74) is 0.452. The Morgan fingerprint density at radius 3 is 2.38 bits per heavy atom. The Morgan fingerprint density at radius 1 is 1.54 bits per heavy atom. The van der Waals surface area contributed by atoms with E-state index in [1.165, 1.54) is 0 Å². The summed E-state index contributed by atoms with van der Waals surface area (Å²) in [4.78, 5) is 10.2. The largest absolute Gasteiger partial charge is 0.478 e. The van der Waals surface area contributed by atoms with Crippen LogP contribution < -0.4 is 0 Å². The zero-order valence-corrected chi connectivity index (χ0v) is 8.38. The first-order chi connectivity index (χ1) is 6.18. The number of carbonyl (C=O) groups is 1. The van der Waals surface area contributed by atoms with E-state index in [1.807, 2.05) is 0 Å². The van der Waals surface area contributed by atoms with Crippen molar-refractivity contribution in [2.45, 2.75) is 33.1 Å². The normalized spacial score (nSPS) is 14.5. The maximum absolute atomic E-state index is 10.2. The second-order valence-electron chi connectivity index (χ2n) is 2.95. The molecule has 0 atom stereocenters. The highest BCUT2D eigenvalue weighted by molar-refractivity contribution is 5.85. The molecule has 1 aliphatic rings. The van der Waals surface area contributed by atoms with Gasteiger partial charge in [0, 0.05) is 5.57 Å². The van der Waals surface area contributed by atoms with Gasteiger partial charge < -0.3 is 9.84 Å². The molecule has 13 heavy (non-hydrogen) atoms. The fourth-order valence-corrected chi connectivity index (χ4v) is 0.610. The first-order valence-electron chi connectivity index (χ1n) is 4.66. The van der Waals surface area contributed by atoms with Gasteiger partial charge in [0.15, 0.2) is 0 Å². The molecule has 1 N–H and O–H groups in total. The quantitative estimate of drug-likeness (QED) is 0.416. The van der Waals surface area contributed by atoms with E-state index in [-0.39, 0.29) is 0 Å². The lowest BCUT2D eigenvalue weighted by atomic mass is 10.2. The van der Waals surface area contributed by atoms with Gasteiger partial charge in [-0.05, 0) is 13.3 Å². The van der Waals surface area contributed by atoms with Gasteiger partial charge in [-0.1, -0.05) is 25.8 Å². The molecule has 1 aliphatic heterocycles. The lowest BCUT2D eigenvalue weighted by Gasteiger charge is -1.91. The zero-order valence-electron chi connectivity index (χ0n) is 8.38. The molecular weight excluding hydrogens is 168 g/mol.